The standard InChI is InChI=1S/C11H12ClN3/c12-9-2-1-8(6-13)11(5-9)15-4-3-10(14)7-15/h1-2,5,10H,3-4,7,14H2/t10-/m0/s1. The molecule has 0 bridgehead atoms. The average Bonchev–Trinajstić information content (AvgIpc) is 2.65. The topological polar surface area (TPSA) is 53.0 Å². The number of hydrogen-bond donors (Lipinski definition) is 1. The Morgan fingerprint density at radius 1 is 1.53 bits per heavy atom. The van der Waals surface area contributed by atoms with Crippen LogP contribution >= 0.6 is 11.6 Å². The van der Waals surface area contributed by atoms with Crippen LogP contribution in [-0.4, -0.2) is 19.1 Å². The van der Waals surface area contributed by atoms with Crippen LogP contribution in [0.25, 0.3) is 0 Å². The summed E-state index contributed by atoms with van der Waals surface area (Å²) in [5.41, 5.74) is 7.40. The molecule has 0 spiro atoms. The predicted molar refractivity (Wildman–Crippen MR) is 61.0 cm³/mol. The molecule has 0 unspecified atom stereocenters. The Morgan fingerprint density at radius 2 is 2.33 bits per heavy atom. The summed E-state index contributed by atoms with van der Waals surface area (Å²) in [5.74, 6) is 0. The lowest BCUT2D eigenvalue weighted by atomic mass is 10.2. The lowest BCUT2D eigenvalue weighted by molar-refractivity contribution is 0.752. The van der Waals surface area contributed by atoms with Crippen LogP contribution in [0.2, 0.25) is 5.02 Å². The van der Waals surface area contributed by atoms with E-state index in [1.807, 2.05) is 6.07 Å². The van der Waals surface area contributed by atoms with Crippen LogP contribution in [0.5, 0.6) is 0 Å². The van der Waals surface area contributed by atoms with Crippen molar-refractivity contribution in [1.29, 1.82) is 5.26 Å². The molecule has 1 heterocycles. The van der Waals surface area contributed by atoms with Crippen molar-refractivity contribution < 1.29 is 0 Å². The van der Waals surface area contributed by atoms with Crippen LogP contribution in [0.4, 0.5) is 5.69 Å². The lowest BCUT2D eigenvalue weighted by Gasteiger charge is -2.19. The maximum absolute atomic E-state index is 8.98. The molecule has 78 valence electrons. The van der Waals surface area contributed by atoms with Crippen molar-refractivity contribution in [2.45, 2.75) is 12.5 Å². The molecule has 1 fully saturated rings. The normalized spacial score (nSPS) is 20.3. The van der Waals surface area contributed by atoms with E-state index in [1.165, 1.54) is 0 Å². The molecule has 0 saturated carbocycles. The molecule has 4 heteroatoms. The third kappa shape index (κ3) is 2.06. The highest BCUT2D eigenvalue weighted by atomic mass is 35.5. The summed E-state index contributed by atoms with van der Waals surface area (Å²) in [6.45, 7) is 1.70. The number of rotatable bonds is 1. The van der Waals surface area contributed by atoms with E-state index in [9.17, 15) is 0 Å². The first-order valence-electron chi connectivity index (χ1n) is 4.91. The Bertz CT molecular complexity index is 411. The van der Waals surface area contributed by atoms with Crippen molar-refractivity contribution in [1.82, 2.24) is 0 Å². The summed E-state index contributed by atoms with van der Waals surface area (Å²) in [6, 6.07) is 7.70. The van der Waals surface area contributed by atoms with Gasteiger partial charge in [-0.2, -0.15) is 5.26 Å². The van der Waals surface area contributed by atoms with Crippen molar-refractivity contribution in [3.8, 4) is 6.07 Å². The minimum atomic E-state index is 0.204. The minimum Gasteiger partial charge on any atom is -0.369 e. The average molecular weight is 222 g/mol. The fourth-order valence-corrected chi connectivity index (χ4v) is 2.03. The van der Waals surface area contributed by atoms with Gasteiger partial charge in [0.1, 0.15) is 6.07 Å². The van der Waals surface area contributed by atoms with E-state index >= 15 is 0 Å². The van der Waals surface area contributed by atoms with Crippen LogP contribution in [0, 0.1) is 11.3 Å². The maximum Gasteiger partial charge on any atom is 0.101 e. The van der Waals surface area contributed by atoms with E-state index in [4.69, 9.17) is 22.6 Å². The highest BCUT2D eigenvalue weighted by Crippen LogP contribution is 2.27. The molecule has 1 aromatic rings. The monoisotopic (exact) mass is 221 g/mol. The summed E-state index contributed by atoms with van der Waals surface area (Å²) in [4.78, 5) is 2.12. The van der Waals surface area contributed by atoms with Gasteiger partial charge in [-0.25, -0.2) is 0 Å². The number of nitriles is 1. The van der Waals surface area contributed by atoms with Gasteiger partial charge in [-0.05, 0) is 24.6 Å². The van der Waals surface area contributed by atoms with Crippen LogP contribution in [0.15, 0.2) is 18.2 Å². The van der Waals surface area contributed by atoms with Gasteiger partial charge in [-0.1, -0.05) is 11.6 Å². The Kier molecular flexibility index (Phi) is 2.81. The predicted octanol–water partition coefficient (Wildman–Crippen LogP) is 1.75. The highest BCUT2D eigenvalue weighted by molar-refractivity contribution is 6.30. The first-order chi connectivity index (χ1) is 7.20. The van der Waals surface area contributed by atoms with E-state index in [0.717, 1.165) is 25.2 Å². The molecule has 0 aliphatic carbocycles. The van der Waals surface area contributed by atoms with Crippen molar-refractivity contribution in [3.05, 3.63) is 28.8 Å². The first-order valence-corrected chi connectivity index (χ1v) is 5.28. The van der Waals surface area contributed by atoms with Crippen LogP contribution in [-0.2, 0) is 0 Å². The van der Waals surface area contributed by atoms with Crippen molar-refractivity contribution in [3.63, 3.8) is 0 Å². The van der Waals surface area contributed by atoms with Gasteiger partial charge in [-0.3, -0.25) is 0 Å². The van der Waals surface area contributed by atoms with Gasteiger partial charge < -0.3 is 10.6 Å². The number of benzene rings is 1. The Hall–Kier alpha value is -1.24. The van der Waals surface area contributed by atoms with Crippen LogP contribution < -0.4 is 10.6 Å². The highest BCUT2D eigenvalue weighted by Gasteiger charge is 2.21. The zero-order chi connectivity index (χ0) is 10.8. The molecule has 3 nitrogen and oxygen atoms in total. The Labute approximate surface area is 94.0 Å². The molecule has 1 aromatic carbocycles. The smallest absolute Gasteiger partial charge is 0.101 e. The second-order valence-electron chi connectivity index (χ2n) is 3.77. The van der Waals surface area contributed by atoms with Gasteiger partial charge in [0.25, 0.3) is 0 Å². The largest absolute Gasteiger partial charge is 0.369 e. The lowest BCUT2D eigenvalue weighted by Crippen LogP contribution is -2.26. The molecule has 0 amide bonds. The summed E-state index contributed by atoms with van der Waals surface area (Å²) < 4.78 is 0. The fraction of sp³-hybridized carbons (Fsp3) is 0.364. The number of nitrogens with zero attached hydrogens (tertiary/aromatic N) is 2. The number of nitrogens with two attached hydrogens (primary N) is 1. The molecule has 0 radical (unpaired) electrons. The quantitative estimate of drug-likeness (QED) is 0.786. The Morgan fingerprint density at radius 3 is 2.93 bits per heavy atom. The van der Waals surface area contributed by atoms with E-state index in [-0.39, 0.29) is 6.04 Å². The van der Waals surface area contributed by atoms with Gasteiger partial charge >= 0.3 is 0 Å². The minimum absolute atomic E-state index is 0.204. The molecule has 1 saturated heterocycles. The molecular formula is C11H12ClN3. The zero-order valence-electron chi connectivity index (χ0n) is 8.28. The summed E-state index contributed by atoms with van der Waals surface area (Å²) >= 11 is 5.92. The fourth-order valence-electron chi connectivity index (χ4n) is 1.87. The third-order valence-corrected chi connectivity index (χ3v) is 2.88. The van der Waals surface area contributed by atoms with Crippen LogP contribution in [0.1, 0.15) is 12.0 Å². The number of halogens is 1. The molecule has 1 aliphatic heterocycles. The van der Waals surface area contributed by atoms with Crippen molar-refractivity contribution in [2.75, 3.05) is 18.0 Å². The molecule has 15 heavy (non-hydrogen) atoms. The maximum atomic E-state index is 8.98. The van der Waals surface area contributed by atoms with Crippen molar-refractivity contribution in [2.24, 2.45) is 5.73 Å². The molecule has 2 rings (SSSR count). The zero-order valence-corrected chi connectivity index (χ0v) is 9.04. The van der Waals surface area contributed by atoms with E-state index in [1.54, 1.807) is 12.1 Å². The first kappa shape index (κ1) is 10.3. The summed E-state index contributed by atoms with van der Waals surface area (Å²) in [7, 11) is 0. The Balaban J connectivity index is 2.34. The van der Waals surface area contributed by atoms with Gasteiger partial charge in [0.2, 0.25) is 0 Å². The second kappa shape index (κ2) is 4.09. The summed E-state index contributed by atoms with van der Waals surface area (Å²) in [5, 5.41) is 9.64. The van der Waals surface area contributed by atoms with E-state index in [2.05, 4.69) is 11.0 Å². The van der Waals surface area contributed by atoms with E-state index in [0.29, 0.717) is 10.6 Å². The third-order valence-electron chi connectivity index (χ3n) is 2.65. The number of anilines is 1. The van der Waals surface area contributed by atoms with Crippen molar-refractivity contribution >= 4 is 17.3 Å². The van der Waals surface area contributed by atoms with Gasteiger partial charge in [0, 0.05) is 24.2 Å². The molecule has 2 N–H and O–H groups in total. The SMILES string of the molecule is N#Cc1ccc(Cl)cc1N1CC[C@H](N)C1. The molecule has 0 aromatic heterocycles. The van der Waals surface area contributed by atoms with Gasteiger partial charge in [0.05, 0.1) is 11.3 Å². The van der Waals surface area contributed by atoms with E-state index < -0.39 is 0 Å². The number of hydrogen-bond acceptors (Lipinski definition) is 3. The van der Waals surface area contributed by atoms with Gasteiger partial charge in [-0.15, -0.1) is 0 Å². The van der Waals surface area contributed by atoms with Crippen LogP contribution in [0.3, 0.4) is 0 Å². The second-order valence-corrected chi connectivity index (χ2v) is 4.20. The van der Waals surface area contributed by atoms with Gasteiger partial charge in [0.15, 0.2) is 0 Å². The summed E-state index contributed by atoms with van der Waals surface area (Å²) in [6.07, 6.45) is 0.970. The molecule has 1 atom stereocenters. The molecular weight excluding hydrogens is 210 g/mol. The molecule has 1 aliphatic rings.